The van der Waals surface area contributed by atoms with E-state index in [1.807, 2.05) is 0 Å². The van der Waals surface area contributed by atoms with Crippen LogP contribution in [0.25, 0.3) is 0 Å². The van der Waals surface area contributed by atoms with E-state index in [9.17, 15) is 26.4 Å². The van der Waals surface area contributed by atoms with Gasteiger partial charge in [0.25, 0.3) is 0 Å². The fourth-order valence-electron chi connectivity index (χ4n) is 3.28. The van der Waals surface area contributed by atoms with Crippen LogP contribution >= 0.6 is 0 Å². The first-order valence-electron chi connectivity index (χ1n) is 9.74. The highest BCUT2D eigenvalue weighted by Gasteiger charge is 2.34. The minimum absolute atomic E-state index is 0.00937. The molecule has 0 aliphatic carbocycles. The number of oxime groups is 1. The van der Waals surface area contributed by atoms with Crippen LogP contribution in [0.4, 0.5) is 23.7 Å². The summed E-state index contributed by atoms with van der Waals surface area (Å²) in [6.07, 6.45) is -5.17. The van der Waals surface area contributed by atoms with Crippen molar-refractivity contribution < 1.29 is 40.7 Å². The van der Waals surface area contributed by atoms with Crippen LogP contribution in [0.3, 0.4) is 0 Å². The topological polar surface area (TPSA) is 107 Å². The Morgan fingerprint density at radius 3 is 2.52 bits per heavy atom. The Bertz CT molecular complexity index is 1190. The fraction of sp³-hybridized carbons (Fsp3) is 0.300. The Kier molecular flexibility index (Phi) is 6.17. The molecule has 9 nitrogen and oxygen atoms in total. The van der Waals surface area contributed by atoms with Crippen molar-refractivity contribution >= 4 is 27.5 Å². The van der Waals surface area contributed by atoms with E-state index in [1.165, 1.54) is 0 Å². The Morgan fingerprint density at radius 2 is 1.79 bits per heavy atom. The number of sulfonamides is 1. The Balaban J connectivity index is 1.33. The average molecular weight is 485 g/mol. The first-order valence-corrected chi connectivity index (χ1v) is 11.2. The number of benzene rings is 2. The summed E-state index contributed by atoms with van der Waals surface area (Å²) in [6, 6.07) is 8.39. The maximum absolute atomic E-state index is 12.9. The number of halogens is 3. The molecule has 13 heteroatoms. The Hall–Kier alpha value is -3.32. The number of hydrogen-bond donors (Lipinski definition) is 1. The smallest absolute Gasteiger partial charge is 0.437 e. The number of fused-ring (bicyclic) bond motifs is 1. The minimum atomic E-state index is -4.65. The number of ether oxygens (including phenoxy) is 2. The summed E-state index contributed by atoms with van der Waals surface area (Å²) in [4.78, 5) is 16.4. The zero-order chi connectivity index (χ0) is 23.6. The minimum Gasteiger partial charge on any atom is -0.454 e. The van der Waals surface area contributed by atoms with Gasteiger partial charge in [-0.15, -0.1) is 0 Å². The molecule has 1 fully saturated rings. The number of carbonyl (C=O) groups is 1. The molecular formula is C20H18F3N3O6S. The molecule has 1 saturated heterocycles. The molecule has 0 saturated carbocycles. The molecule has 0 bridgehead atoms. The first-order chi connectivity index (χ1) is 15.6. The van der Waals surface area contributed by atoms with Gasteiger partial charge in [-0.2, -0.15) is 17.5 Å². The highest BCUT2D eigenvalue weighted by Crippen LogP contribution is 2.34. The zero-order valence-electron chi connectivity index (χ0n) is 17.0. The summed E-state index contributed by atoms with van der Waals surface area (Å²) in [6.45, 7) is 0.0759. The SMILES string of the molecule is O=C(Nc1ccc2c(c1)OCO2)ON=C1CCN(S(=O)(=O)c2cccc(C(F)(F)F)c2)CC1. The largest absolute Gasteiger partial charge is 0.454 e. The second-order valence-corrected chi connectivity index (χ2v) is 9.10. The number of rotatable bonds is 4. The third-order valence-electron chi connectivity index (χ3n) is 4.98. The number of amides is 1. The van der Waals surface area contributed by atoms with Crippen LogP contribution in [0.2, 0.25) is 0 Å². The van der Waals surface area contributed by atoms with E-state index in [2.05, 4.69) is 10.5 Å². The molecule has 0 radical (unpaired) electrons. The number of nitrogens with zero attached hydrogens (tertiary/aromatic N) is 2. The summed E-state index contributed by atoms with van der Waals surface area (Å²) < 4.78 is 75.7. The zero-order valence-corrected chi connectivity index (χ0v) is 17.8. The maximum Gasteiger partial charge on any atom is 0.437 e. The Labute approximate surface area is 186 Å². The van der Waals surface area contributed by atoms with Gasteiger partial charge in [-0.25, -0.2) is 13.2 Å². The van der Waals surface area contributed by atoms with Gasteiger partial charge in [-0.3, -0.25) is 10.2 Å². The van der Waals surface area contributed by atoms with Crippen molar-refractivity contribution in [3.05, 3.63) is 48.0 Å². The molecule has 33 heavy (non-hydrogen) atoms. The van der Waals surface area contributed by atoms with Crippen molar-refractivity contribution in [1.82, 2.24) is 4.31 Å². The number of anilines is 1. The number of nitrogens with one attached hydrogen (secondary N) is 1. The number of hydrogen-bond acceptors (Lipinski definition) is 7. The van der Waals surface area contributed by atoms with Gasteiger partial charge in [0, 0.05) is 37.7 Å². The molecule has 0 unspecified atom stereocenters. The van der Waals surface area contributed by atoms with Gasteiger partial charge < -0.3 is 9.47 Å². The standard InChI is InChI=1S/C20H18F3N3O6S/c21-20(22,23)13-2-1-3-16(10-13)33(28,29)26-8-6-14(7-9-26)25-32-19(27)24-15-4-5-17-18(11-15)31-12-30-17/h1-5,10-11H,6-9,12H2,(H,24,27). The van der Waals surface area contributed by atoms with Gasteiger partial charge in [0.15, 0.2) is 11.5 Å². The number of carbonyl (C=O) groups excluding carboxylic acids is 1. The van der Waals surface area contributed by atoms with Gasteiger partial charge in [-0.05, 0) is 30.3 Å². The number of piperidine rings is 1. The van der Waals surface area contributed by atoms with Crippen LogP contribution in [0.5, 0.6) is 11.5 Å². The third-order valence-corrected chi connectivity index (χ3v) is 6.87. The lowest BCUT2D eigenvalue weighted by Crippen LogP contribution is -2.38. The summed E-state index contributed by atoms with van der Waals surface area (Å²) in [5, 5.41) is 6.25. The molecule has 1 N–H and O–H groups in total. The van der Waals surface area contributed by atoms with Crippen molar-refractivity contribution in [1.29, 1.82) is 0 Å². The van der Waals surface area contributed by atoms with Crippen LogP contribution in [-0.2, 0) is 21.0 Å². The van der Waals surface area contributed by atoms with E-state index in [1.54, 1.807) is 18.2 Å². The highest BCUT2D eigenvalue weighted by molar-refractivity contribution is 7.89. The lowest BCUT2D eigenvalue weighted by atomic mass is 10.1. The molecule has 0 spiro atoms. The Morgan fingerprint density at radius 1 is 1.06 bits per heavy atom. The molecule has 2 aromatic carbocycles. The lowest BCUT2D eigenvalue weighted by Gasteiger charge is -2.26. The van der Waals surface area contributed by atoms with Crippen LogP contribution in [0.1, 0.15) is 18.4 Å². The van der Waals surface area contributed by atoms with Crippen molar-refractivity contribution in [3.63, 3.8) is 0 Å². The summed E-state index contributed by atoms with van der Waals surface area (Å²) >= 11 is 0. The van der Waals surface area contributed by atoms with Gasteiger partial charge in [-0.1, -0.05) is 11.2 Å². The molecule has 0 atom stereocenters. The molecule has 2 aliphatic heterocycles. The predicted octanol–water partition coefficient (Wildman–Crippen LogP) is 3.82. The van der Waals surface area contributed by atoms with E-state index in [4.69, 9.17) is 14.3 Å². The maximum atomic E-state index is 12.9. The number of alkyl halides is 3. The van der Waals surface area contributed by atoms with Crippen molar-refractivity contribution in [2.24, 2.45) is 5.16 Å². The summed E-state index contributed by atoms with van der Waals surface area (Å²) in [5.74, 6) is 1.04. The first kappa shape index (κ1) is 22.9. The van der Waals surface area contributed by atoms with Crippen molar-refractivity contribution in [3.8, 4) is 11.5 Å². The highest BCUT2D eigenvalue weighted by atomic mass is 32.2. The van der Waals surface area contributed by atoms with Crippen molar-refractivity contribution in [2.75, 3.05) is 25.2 Å². The molecule has 2 aliphatic rings. The summed E-state index contributed by atoms with van der Waals surface area (Å²) in [5.41, 5.74) is -0.178. The predicted molar refractivity (Wildman–Crippen MR) is 110 cm³/mol. The monoisotopic (exact) mass is 485 g/mol. The molecular weight excluding hydrogens is 467 g/mol. The van der Waals surface area contributed by atoms with E-state index < -0.39 is 32.8 Å². The molecule has 176 valence electrons. The lowest BCUT2D eigenvalue weighted by molar-refractivity contribution is -0.137. The van der Waals surface area contributed by atoms with E-state index in [-0.39, 0.29) is 32.7 Å². The van der Waals surface area contributed by atoms with Gasteiger partial charge >= 0.3 is 12.3 Å². The second-order valence-electron chi connectivity index (χ2n) is 7.16. The summed E-state index contributed by atoms with van der Waals surface area (Å²) in [7, 11) is -4.11. The fourth-order valence-corrected chi connectivity index (χ4v) is 4.77. The molecule has 2 heterocycles. The van der Waals surface area contributed by atoms with Crippen LogP contribution < -0.4 is 14.8 Å². The van der Waals surface area contributed by atoms with Crippen LogP contribution in [0, 0.1) is 0 Å². The molecule has 2 aromatic rings. The molecule has 4 rings (SSSR count). The van der Waals surface area contributed by atoms with E-state index >= 15 is 0 Å². The van der Waals surface area contributed by atoms with Gasteiger partial charge in [0.05, 0.1) is 16.2 Å². The normalized spacial score (nSPS) is 16.4. The van der Waals surface area contributed by atoms with Gasteiger partial charge in [0.2, 0.25) is 16.8 Å². The van der Waals surface area contributed by atoms with Gasteiger partial charge in [0.1, 0.15) is 0 Å². The van der Waals surface area contributed by atoms with Crippen LogP contribution in [0.15, 0.2) is 52.5 Å². The van der Waals surface area contributed by atoms with Crippen LogP contribution in [-0.4, -0.2) is 44.4 Å². The quantitative estimate of drug-likeness (QED) is 0.521. The average Bonchev–Trinajstić information content (AvgIpc) is 3.25. The molecule has 1 amide bonds. The van der Waals surface area contributed by atoms with E-state index in [0.29, 0.717) is 29.0 Å². The molecule has 0 aromatic heterocycles. The third kappa shape index (κ3) is 5.20. The van der Waals surface area contributed by atoms with E-state index in [0.717, 1.165) is 22.5 Å². The van der Waals surface area contributed by atoms with Crippen molar-refractivity contribution in [2.45, 2.75) is 23.9 Å². The second kappa shape index (κ2) is 8.90.